The maximum Gasteiger partial charge on any atom is 0.273 e. The number of hydrogen-bond acceptors (Lipinski definition) is 7. The molecule has 5 rings (SSSR count). The predicted molar refractivity (Wildman–Crippen MR) is 137 cm³/mol. The number of nitrogens with zero attached hydrogens (tertiary/aromatic N) is 5. The van der Waals surface area contributed by atoms with E-state index in [2.05, 4.69) is 44.3 Å². The van der Waals surface area contributed by atoms with Crippen LogP contribution in [0.4, 0.5) is 5.69 Å². The van der Waals surface area contributed by atoms with Gasteiger partial charge in [0.1, 0.15) is 12.6 Å². The Morgan fingerprint density at radius 2 is 2.08 bits per heavy atom. The highest BCUT2D eigenvalue weighted by Gasteiger charge is 2.23. The normalized spacial score (nSPS) is 16.5. The number of ether oxygens (including phenoxy) is 1. The van der Waals surface area contributed by atoms with Gasteiger partial charge in [0, 0.05) is 30.6 Å². The van der Waals surface area contributed by atoms with Crippen LogP contribution in [-0.4, -0.2) is 51.3 Å². The van der Waals surface area contributed by atoms with E-state index in [1.807, 2.05) is 50.5 Å². The first-order chi connectivity index (χ1) is 17.2. The number of benzene rings is 1. The van der Waals surface area contributed by atoms with E-state index in [0.717, 1.165) is 53.3 Å². The van der Waals surface area contributed by atoms with Gasteiger partial charge in [0.2, 0.25) is 0 Å². The number of oxazole rings is 1. The highest BCUT2D eigenvalue weighted by Crippen LogP contribution is 2.29. The van der Waals surface area contributed by atoms with E-state index in [4.69, 9.17) is 9.15 Å². The van der Waals surface area contributed by atoms with E-state index in [-0.39, 0.29) is 23.1 Å². The number of amides is 1. The minimum Gasteiger partial charge on any atom is -0.448 e. The minimum atomic E-state index is -0.256. The molecule has 0 spiro atoms. The summed E-state index contributed by atoms with van der Waals surface area (Å²) in [5.74, 6) is 0.286. The Morgan fingerprint density at radius 3 is 2.81 bits per heavy atom. The zero-order chi connectivity index (χ0) is 25.4. The third-order valence-corrected chi connectivity index (χ3v) is 6.43. The van der Waals surface area contributed by atoms with Gasteiger partial charge in [-0.2, -0.15) is 5.10 Å². The van der Waals surface area contributed by atoms with Crippen molar-refractivity contribution < 1.29 is 13.9 Å². The molecule has 9 heteroatoms. The van der Waals surface area contributed by atoms with Crippen molar-refractivity contribution in [3.8, 4) is 11.3 Å². The van der Waals surface area contributed by atoms with Crippen molar-refractivity contribution in [3.05, 3.63) is 65.8 Å². The Morgan fingerprint density at radius 1 is 1.25 bits per heavy atom. The van der Waals surface area contributed by atoms with Crippen LogP contribution in [0.25, 0.3) is 16.8 Å². The van der Waals surface area contributed by atoms with E-state index in [1.54, 1.807) is 6.33 Å². The summed E-state index contributed by atoms with van der Waals surface area (Å²) in [5.41, 5.74) is 6.06. The van der Waals surface area contributed by atoms with Crippen molar-refractivity contribution in [2.45, 2.75) is 52.7 Å². The number of rotatable bonds is 5. The number of aryl methyl sites for hydroxylation is 1. The first-order valence-corrected chi connectivity index (χ1v) is 12.2. The summed E-state index contributed by atoms with van der Waals surface area (Å²) in [6.45, 7) is 12.9. The number of carbonyl (C=O) groups excluding carboxylic acids is 1. The average Bonchev–Trinajstić information content (AvgIpc) is 3.51. The molecule has 1 N–H and O–H groups in total. The Hall–Kier alpha value is -3.72. The smallest absolute Gasteiger partial charge is 0.273 e. The average molecular weight is 489 g/mol. The summed E-state index contributed by atoms with van der Waals surface area (Å²) in [7, 11) is 0. The van der Waals surface area contributed by atoms with E-state index in [1.165, 1.54) is 6.26 Å². The zero-order valence-corrected chi connectivity index (χ0v) is 21.4. The van der Waals surface area contributed by atoms with Gasteiger partial charge in [0.25, 0.3) is 5.91 Å². The van der Waals surface area contributed by atoms with E-state index in [0.29, 0.717) is 12.4 Å². The molecule has 0 bridgehead atoms. The molecule has 1 saturated heterocycles. The number of nitrogens with one attached hydrogen (secondary N) is 1. The number of carbonyl (C=O) groups is 1. The molecule has 1 aromatic carbocycles. The lowest BCUT2D eigenvalue weighted by Gasteiger charge is -2.31. The maximum absolute atomic E-state index is 12.6. The van der Waals surface area contributed by atoms with E-state index < -0.39 is 0 Å². The van der Waals surface area contributed by atoms with Crippen LogP contribution in [0, 0.1) is 6.92 Å². The fraction of sp³-hybridized carbons (Fsp3) is 0.407. The Kier molecular flexibility index (Phi) is 6.26. The van der Waals surface area contributed by atoms with Crippen LogP contribution in [-0.2, 0) is 16.7 Å². The van der Waals surface area contributed by atoms with Crippen molar-refractivity contribution in [2.24, 2.45) is 0 Å². The molecule has 0 radical (unpaired) electrons. The van der Waals surface area contributed by atoms with Crippen molar-refractivity contribution in [2.75, 3.05) is 24.6 Å². The molecule has 1 amide bonds. The van der Waals surface area contributed by atoms with Crippen molar-refractivity contribution in [1.82, 2.24) is 24.9 Å². The van der Waals surface area contributed by atoms with Crippen LogP contribution in [0.2, 0.25) is 0 Å². The van der Waals surface area contributed by atoms with Gasteiger partial charge in [-0.3, -0.25) is 4.79 Å². The van der Waals surface area contributed by atoms with Gasteiger partial charge in [-0.15, -0.1) is 0 Å². The molecule has 4 aromatic rings. The number of anilines is 1. The molecule has 188 valence electrons. The predicted octanol–water partition coefficient (Wildman–Crippen LogP) is 4.15. The monoisotopic (exact) mass is 488 g/mol. The van der Waals surface area contributed by atoms with E-state index >= 15 is 0 Å². The van der Waals surface area contributed by atoms with Crippen LogP contribution >= 0.6 is 0 Å². The molecule has 9 nitrogen and oxygen atoms in total. The quantitative estimate of drug-likeness (QED) is 0.451. The molecular weight excluding hydrogens is 456 g/mol. The summed E-state index contributed by atoms with van der Waals surface area (Å²) in [6, 6.07) is 8.30. The second kappa shape index (κ2) is 9.39. The highest BCUT2D eigenvalue weighted by atomic mass is 16.5. The number of morpholine rings is 1. The first-order valence-electron chi connectivity index (χ1n) is 12.2. The van der Waals surface area contributed by atoms with Crippen LogP contribution in [0.1, 0.15) is 55.2 Å². The lowest BCUT2D eigenvalue weighted by atomic mass is 9.97. The molecule has 0 aliphatic carbocycles. The van der Waals surface area contributed by atoms with Gasteiger partial charge >= 0.3 is 0 Å². The van der Waals surface area contributed by atoms with Crippen LogP contribution in [0.5, 0.6) is 0 Å². The fourth-order valence-corrected chi connectivity index (χ4v) is 4.39. The highest BCUT2D eigenvalue weighted by molar-refractivity contribution is 5.92. The van der Waals surface area contributed by atoms with Crippen molar-refractivity contribution in [1.29, 1.82) is 0 Å². The Bertz CT molecular complexity index is 1400. The molecule has 36 heavy (non-hydrogen) atoms. The molecule has 1 fully saturated rings. The Balaban J connectivity index is 1.33. The summed E-state index contributed by atoms with van der Waals surface area (Å²) >= 11 is 0. The van der Waals surface area contributed by atoms with E-state index in [9.17, 15) is 4.79 Å². The molecule has 3 aromatic heterocycles. The van der Waals surface area contributed by atoms with Gasteiger partial charge in [-0.25, -0.2) is 14.5 Å². The molecule has 1 unspecified atom stereocenters. The molecular formula is C27H32N6O3. The molecule has 1 aliphatic rings. The standard InChI is InChI=1S/C27H32N6O3/c1-17-10-19(6-7-20(17)12-28-25(34)22-15-36-26(31-22)27(3,4)5)24-23-11-21(14-33(23)30-16-29-24)32-8-9-35-18(2)13-32/h6-7,10-11,14-16,18H,8-9,12-13H2,1-5H3,(H,28,34). The number of fused-ring (bicyclic) bond motifs is 1. The number of aromatic nitrogens is 4. The molecule has 0 saturated carbocycles. The molecule has 1 aliphatic heterocycles. The fourth-order valence-electron chi connectivity index (χ4n) is 4.39. The van der Waals surface area contributed by atoms with Gasteiger partial charge in [-0.1, -0.05) is 32.9 Å². The summed E-state index contributed by atoms with van der Waals surface area (Å²) in [4.78, 5) is 23.8. The summed E-state index contributed by atoms with van der Waals surface area (Å²) < 4.78 is 13.0. The van der Waals surface area contributed by atoms with Gasteiger partial charge in [0.05, 0.1) is 35.8 Å². The minimum absolute atomic E-state index is 0.202. The lowest BCUT2D eigenvalue weighted by Crippen LogP contribution is -2.40. The molecule has 4 heterocycles. The third-order valence-electron chi connectivity index (χ3n) is 6.43. The number of hydrogen-bond donors (Lipinski definition) is 1. The van der Waals surface area contributed by atoms with Crippen LogP contribution in [0.15, 0.2) is 47.5 Å². The van der Waals surface area contributed by atoms with Crippen LogP contribution < -0.4 is 10.2 Å². The first kappa shape index (κ1) is 24.0. The van der Waals surface area contributed by atoms with Gasteiger partial charge in [0.15, 0.2) is 11.6 Å². The summed E-state index contributed by atoms with van der Waals surface area (Å²) in [5, 5.41) is 7.37. The zero-order valence-electron chi connectivity index (χ0n) is 21.4. The SMILES string of the molecule is Cc1cc(-c2ncnn3cc(N4CCOC(C)C4)cc23)ccc1CNC(=O)c1coc(C(C)(C)C)n1. The van der Waals surface area contributed by atoms with Gasteiger partial charge < -0.3 is 19.4 Å². The second-order valence-corrected chi connectivity index (χ2v) is 10.4. The Labute approximate surface area is 210 Å². The molecule has 1 atom stereocenters. The summed E-state index contributed by atoms with van der Waals surface area (Å²) in [6.07, 6.45) is 5.24. The lowest BCUT2D eigenvalue weighted by molar-refractivity contribution is 0.0532. The largest absolute Gasteiger partial charge is 0.448 e. The topological polar surface area (TPSA) is 97.8 Å². The van der Waals surface area contributed by atoms with Crippen molar-refractivity contribution >= 4 is 17.1 Å². The van der Waals surface area contributed by atoms with Crippen LogP contribution in [0.3, 0.4) is 0 Å². The second-order valence-electron chi connectivity index (χ2n) is 10.4. The third kappa shape index (κ3) is 4.83. The maximum atomic E-state index is 12.6. The van der Waals surface area contributed by atoms with Crippen molar-refractivity contribution in [3.63, 3.8) is 0 Å². The van der Waals surface area contributed by atoms with Gasteiger partial charge in [-0.05, 0) is 37.1 Å².